The predicted molar refractivity (Wildman–Crippen MR) is 63.2 cm³/mol. The lowest BCUT2D eigenvalue weighted by Gasteiger charge is -2.16. The van der Waals surface area contributed by atoms with Crippen molar-refractivity contribution >= 4 is 0 Å². The van der Waals surface area contributed by atoms with Crippen molar-refractivity contribution in [1.29, 1.82) is 0 Å². The molecule has 2 aromatic heterocycles. The Hall–Kier alpha value is -1.75. The molecule has 2 aromatic rings. The second kappa shape index (κ2) is 4.63. The molecule has 2 rings (SSSR count). The van der Waals surface area contributed by atoms with Gasteiger partial charge in [0, 0.05) is 11.9 Å². The molecule has 5 nitrogen and oxygen atoms in total. The molecule has 0 radical (unpaired) electrons. The Kier molecular flexibility index (Phi) is 3.19. The van der Waals surface area contributed by atoms with Gasteiger partial charge in [-0.15, -0.1) is 0 Å². The van der Waals surface area contributed by atoms with Crippen molar-refractivity contribution in [3.05, 3.63) is 41.8 Å². The molecule has 0 saturated carbocycles. The van der Waals surface area contributed by atoms with Crippen LogP contribution in [0.2, 0.25) is 0 Å². The first-order chi connectivity index (χ1) is 8.12. The first-order valence-electron chi connectivity index (χ1n) is 5.63. The molecule has 0 spiro atoms. The van der Waals surface area contributed by atoms with Gasteiger partial charge in [-0.1, -0.05) is 18.1 Å². The summed E-state index contributed by atoms with van der Waals surface area (Å²) in [6, 6.07) is 5.74. The standard InChI is InChI=1S/C12H16N4O/c1-3-12(2,13)11-15-10(16-17-11)8-9-6-4-5-7-14-9/h4-7H,3,8,13H2,1-2H3. The van der Waals surface area contributed by atoms with Crippen LogP contribution in [0.15, 0.2) is 28.9 Å². The summed E-state index contributed by atoms with van der Waals surface area (Å²) in [7, 11) is 0. The molecule has 1 atom stereocenters. The first kappa shape index (κ1) is 11.7. The Morgan fingerprint density at radius 2 is 2.24 bits per heavy atom. The van der Waals surface area contributed by atoms with E-state index in [0.717, 1.165) is 12.1 Å². The number of aromatic nitrogens is 3. The summed E-state index contributed by atoms with van der Waals surface area (Å²) in [6.07, 6.45) is 3.05. The van der Waals surface area contributed by atoms with Gasteiger partial charge in [-0.3, -0.25) is 4.98 Å². The van der Waals surface area contributed by atoms with Crippen LogP contribution in [0.5, 0.6) is 0 Å². The molecule has 2 N–H and O–H groups in total. The van der Waals surface area contributed by atoms with Crippen LogP contribution in [-0.4, -0.2) is 15.1 Å². The number of hydrogen-bond donors (Lipinski definition) is 1. The summed E-state index contributed by atoms with van der Waals surface area (Å²) in [5.74, 6) is 1.09. The summed E-state index contributed by atoms with van der Waals surface area (Å²) in [5, 5.41) is 3.92. The minimum Gasteiger partial charge on any atom is -0.337 e. The number of nitrogens with zero attached hydrogens (tertiary/aromatic N) is 3. The van der Waals surface area contributed by atoms with Gasteiger partial charge in [0.2, 0.25) is 5.89 Å². The molecule has 0 aliphatic rings. The molecular weight excluding hydrogens is 216 g/mol. The van der Waals surface area contributed by atoms with Crippen LogP contribution in [-0.2, 0) is 12.0 Å². The van der Waals surface area contributed by atoms with E-state index in [1.165, 1.54) is 0 Å². The van der Waals surface area contributed by atoms with Crippen LogP contribution in [0.4, 0.5) is 0 Å². The largest absolute Gasteiger partial charge is 0.337 e. The maximum absolute atomic E-state index is 6.03. The lowest BCUT2D eigenvalue weighted by molar-refractivity contribution is 0.290. The molecule has 17 heavy (non-hydrogen) atoms. The molecule has 0 fully saturated rings. The van der Waals surface area contributed by atoms with Gasteiger partial charge in [0.1, 0.15) is 0 Å². The van der Waals surface area contributed by atoms with E-state index >= 15 is 0 Å². The summed E-state index contributed by atoms with van der Waals surface area (Å²) < 4.78 is 5.18. The second-order valence-electron chi connectivity index (χ2n) is 4.28. The van der Waals surface area contributed by atoms with Gasteiger partial charge in [-0.25, -0.2) is 0 Å². The summed E-state index contributed by atoms with van der Waals surface area (Å²) >= 11 is 0. The van der Waals surface area contributed by atoms with E-state index in [4.69, 9.17) is 10.3 Å². The van der Waals surface area contributed by atoms with E-state index < -0.39 is 5.54 Å². The predicted octanol–water partition coefficient (Wildman–Crippen LogP) is 1.64. The van der Waals surface area contributed by atoms with E-state index in [2.05, 4.69) is 15.1 Å². The molecule has 1 unspecified atom stereocenters. The summed E-state index contributed by atoms with van der Waals surface area (Å²) in [5.41, 5.74) is 6.38. The topological polar surface area (TPSA) is 77.8 Å². The molecular formula is C12H16N4O. The Bertz CT molecular complexity index is 478. The third-order valence-corrected chi connectivity index (χ3v) is 2.76. The van der Waals surface area contributed by atoms with E-state index in [9.17, 15) is 0 Å². The molecule has 5 heteroatoms. The number of rotatable bonds is 4. The molecule has 0 aliphatic carbocycles. The van der Waals surface area contributed by atoms with E-state index in [1.54, 1.807) is 6.20 Å². The van der Waals surface area contributed by atoms with E-state index in [-0.39, 0.29) is 0 Å². The molecule has 0 aromatic carbocycles. The Morgan fingerprint density at radius 1 is 1.41 bits per heavy atom. The second-order valence-corrected chi connectivity index (χ2v) is 4.28. The molecule has 0 bridgehead atoms. The van der Waals surface area contributed by atoms with Crippen molar-refractivity contribution in [2.45, 2.75) is 32.2 Å². The highest BCUT2D eigenvalue weighted by molar-refractivity contribution is 5.10. The Balaban J connectivity index is 2.14. The monoisotopic (exact) mass is 232 g/mol. The van der Waals surface area contributed by atoms with Crippen molar-refractivity contribution in [2.24, 2.45) is 5.73 Å². The van der Waals surface area contributed by atoms with Crippen LogP contribution in [0.1, 0.15) is 37.7 Å². The smallest absolute Gasteiger partial charge is 0.246 e. The Labute approximate surface area is 100 Å². The fraction of sp³-hybridized carbons (Fsp3) is 0.417. The van der Waals surface area contributed by atoms with Gasteiger partial charge in [0.15, 0.2) is 5.82 Å². The van der Waals surface area contributed by atoms with Crippen LogP contribution in [0.25, 0.3) is 0 Å². The van der Waals surface area contributed by atoms with Crippen molar-refractivity contribution in [3.8, 4) is 0 Å². The highest BCUT2D eigenvalue weighted by atomic mass is 16.5. The van der Waals surface area contributed by atoms with Gasteiger partial charge >= 0.3 is 0 Å². The highest BCUT2D eigenvalue weighted by Gasteiger charge is 2.26. The summed E-state index contributed by atoms with van der Waals surface area (Å²) in [4.78, 5) is 8.52. The zero-order chi connectivity index (χ0) is 12.3. The summed E-state index contributed by atoms with van der Waals surface area (Å²) in [6.45, 7) is 3.87. The molecule has 0 amide bonds. The van der Waals surface area contributed by atoms with Crippen molar-refractivity contribution in [3.63, 3.8) is 0 Å². The zero-order valence-corrected chi connectivity index (χ0v) is 10.1. The average Bonchev–Trinajstić information content (AvgIpc) is 2.80. The zero-order valence-electron chi connectivity index (χ0n) is 10.1. The van der Waals surface area contributed by atoms with Crippen molar-refractivity contribution < 1.29 is 4.52 Å². The minimum atomic E-state index is -0.560. The van der Waals surface area contributed by atoms with Gasteiger partial charge in [0.25, 0.3) is 0 Å². The SMILES string of the molecule is CCC(C)(N)c1nc(Cc2ccccn2)no1. The van der Waals surface area contributed by atoms with E-state index in [0.29, 0.717) is 18.1 Å². The third kappa shape index (κ3) is 2.68. The maximum atomic E-state index is 6.03. The van der Waals surface area contributed by atoms with E-state index in [1.807, 2.05) is 32.0 Å². The van der Waals surface area contributed by atoms with Gasteiger partial charge in [0.05, 0.1) is 12.0 Å². The van der Waals surface area contributed by atoms with Crippen LogP contribution >= 0.6 is 0 Å². The van der Waals surface area contributed by atoms with Crippen molar-refractivity contribution in [1.82, 2.24) is 15.1 Å². The van der Waals surface area contributed by atoms with Gasteiger partial charge in [-0.2, -0.15) is 4.98 Å². The average molecular weight is 232 g/mol. The van der Waals surface area contributed by atoms with Gasteiger partial charge < -0.3 is 10.3 Å². The Morgan fingerprint density at radius 3 is 2.88 bits per heavy atom. The molecule has 2 heterocycles. The van der Waals surface area contributed by atoms with Crippen LogP contribution in [0, 0.1) is 0 Å². The fourth-order valence-corrected chi connectivity index (χ4v) is 1.37. The minimum absolute atomic E-state index is 0.478. The maximum Gasteiger partial charge on any atom is 0.246 e. The normalized spacial score (nSPS) is 14.5. The molecule has 90 valence electrons. The van der Waals surface area contributed by atoms with Crippen molar-refractivity contribution in [2.75, 3.05) is 0 Å². The highest BCUT2D eigenvalue weighted by Crippen LogP contribution is 2.19. The van der Waals surface area contributed by atoms with Crippen LogP contribution in [0.3, 0.4) is 0 Å². The van der Waals surface area contributed by atoms with Gasteiger partial charge in [-0.05, 0) is 25.5 Å². The lowest BCUT2D eigenvalue weighted by atomic mass is 10.0. The quantitative estimate of drug-likeness (QED) is 0.867. The fourth-order valence-electron chi connectivity index (χ4n) is 1.37. The first-order valence-corrected chi connectivity index (χ1v) is 5.63. The number of pyridine rings is 1. The number of nitrogens with two attached hydrogens (primary N) is 1. The van der Waals surface area contributed by atoms with Crippen LogP contribution < -0.4 is 5.73 Å². The third-order valence-electron chi connectivity index (χ3n) is 2.76. The molecule has 0 aliphatic heterocycles. The molecule has 0 saturated heterocycles. The number of hydrogen-bond acceptors (Lipinski definition) is 5. The lowest BCUT2D eigenvalue weighted by Crippen LogP contribution is -2.32.